The van der Waals surface area contributed by atoms with Crippen molar-refractivity contribution in [2.24, 2.45) is 5.92 Å². The summed E-state index contributed by atoms with van der Waals surface area (Å²) in [6.07, 6.45) is 1.96. The van der Waals surface area contributed by atoms with Crippen LogP contribution in [-0.4, -0.2) is 28.6 Å². The van der Waals surface area contributed by atoms with Crippen LogP contribution in [0.1, 0.15) is 52.0 Å². The molecule has 0 aromatic heterocycles. The van der Waals surface area contributed by atoms with Crippen molar-refractivity contribution in [1.29, 1.82) is 5.26 Å². The van der Waals surface area contributed by atoms with E-state index in [1.807, 2.05) is 0 Å². The predicted octanol–water partition coefficient (Wildman–Crippen LogP) is 6.66. The molecular formula is C31H33N5O7. The van der Waals surface area contributed by atoms with Crippen molar-refractivity contribution in [3.63, 3.8) is 0 Å². The second kappa shape index (κ2) is 13.1. The molecule has 0 radical (unpaired) electrons. The Morgan fingerprint density at radius 3 is 2.09 bits per heavy atom. The number of nitro groups is 1. The Bertz CT molecular complexity index is 1540. The van der Waals surface area contributed by atoms with Gasteiger partial charge in [-0.05, 0) is 76.8 Å². The highest BCUT2D eigenvalue weighted by Gasteiger charge is 2.28. The number of nitriles is 1. The van der Waals surface area contributed by atoms with E-state index < -0.39 is 16.6 Å². The van der Waals surface area contributed by atoms with Crippen LogP contribution in [0.25, 0.3) is 0 Å². The van der Waals surface area contributed by atoms with Gasteiger partial charge in [0.25, 0.3) is 5.69 Å². The summed E-state index contributed by atoms with van der Waals surface area (Å²) in [7, 11) is 0. The van der Waals surface area contributed by atoms with Crippen LogP contribution >= 0.6 is 0 Å². The molecule has 0 atom stereocenters. The number of nitrogens with zero attached hydrogens (tertiary/aromatic N) is 2. The fraction of sp³-hybridized carbons (Fsp3) is 0.323. The summed E-state index contributed by atoms with van der Waals surface area (Å²) >= 11 is 0. The summed E-state index contributed by atoms with van der Waals surface area (Å²) in [5.41, 5.74) is 5.82. The molecule has 224 valence electrons. The van der Waals surface area contributed by atoms with Crippen LogP contribution in [0.5, 0.6) is 23.0 Å². The fourth-order valence-electron chi connectivity index (χ4n) is 4.61. The SMILES string of the molecule is CC(C)(C)OC(=O)NC1CCC(C(=O)Nc2cc(Oc3ccc(C#N)cc3)cc(Oc3ccc([N+](=O)[O-])c(N)c3)c2)CC1. The molecule has 3 aromatic carbocycles. The summed E-state index contributed by atoms with van der Waals surface area (Å²) in [6, 6.07) is 17.4. The van der Waals surface area contributed by atoms with Crippen LogP contribution in [0.2, 0.25) is 0 Å². The number of nitro benzene ring substituents is 1. The Hall–Kier alpha value is -5.31. The first-order chi connectivity index (χ1) is 20.4. The number of ether oxygens (including phenoxy) is 3. The molecule has 1 saturated carbocycles. The molecular weight excluding hydrogens is 554 g/mol. The van der Waals surface area contributed by atoms with Crippen LogP contribution in [0.3, 0.4) is 0 Å². The van der Waals surface area contributed by atoms with E-state index in [9.17, 15) is 19.7 Å². The van der Waals surface area contributed by atoms with Gasteiger partial charge in [-0.25, -0.2) is 4.79 Å². The van der Waals surface area contributed by atoms with Crippen LogP contribution in [0.15, 0.2) is 60.7 Å². The van der Waals surface area contributed by atoms with E-state index in [1.165, 1.54) is 18.2 Å². The van der Waals surface area contributed by atoms with E-state index in [2.05, 4.69) is 16.7 Å². The number of nitrogen functional groups attached to an aromatic ring is 1. The molecule has 1 aliphatic rings. The van der Waals surface area contributed by atoms with Gasteiger partial charge in [-0.3, -0.25) is 14.9 Å². The minimum Gasteiger partial charge on any atom is -0.457 e. The van der Waals surface area contributed by atoms with Gasteiger partial charge in [0.1, 0.15) is 34.3 Å². The number of amides is 2. The van der Waals surface area contributed by atoms with Gasteiger partial charge in [0.05, 0.1) is 16.6 Å². The van der Waals surface area contributed by atoms with Crippen molar-refractivity contribution in [3.8, 4) is 29.1 Å². The van der Waals surface area contributed by atoms with Gasteiger partial charge in [-0.15, -0.1) is 0 Å². The summed E-state index contributed by atoms with van der Waals surface area (Å²) < 4.78 is 17.2. The molecule has 2 amide bonds. The number of nitrogens with two attached hydrogens (primary N) is 1. The molecule has 12 nitrogen and oxygen atoms in total. The van der Waals surface area contributed by atoms with E-state index in [4.69, 9.17) is 25.2 Å². The van der Waals surface area contributed by atoms with Gasteiger partial charge in [0.15, 0.2) is 0 Å². The molecule has 0 aliphatic heterocycles. The minimum atomic E-state index is -0.590. The highest BCUT2D eigenvalue weighted by Crippen LogP contribution is 2.35. The number of rotatable bonds is 8. The second-order valence-corrected chi connectivity index (χ2v) is 11.2. The zero-order chi connectivity index (χ0) is 31.1. The van der Waals surface area contributed by atoms with Crippen LogP contribution in [0.4, 0.5) is 21.9 Å². The number of hydrogen-bond acceptors (Lipinski definition) is 9. The molecule has 43 heavy (non-hydrogen) atoms. The maximum atomic E-state index is 13.2. The standard InChI is InChI=1S/C31H33N5O7/c1-31(2,3)43-30(38)35-21-8-6-20(7-9-21)29(37)34-22-14-25(41-23-10-4-19(18-32)5-11-23)16-26(15-22)42-24-12-13-28(36(39)40)27(33)17-24/h4-5,10-17,20-21H,6-9,33H2,1-3H3,(H,34,37)(H,35,38). The zero-order valence-electron chi connectivity index (χ0n) is 24.1. The Morgan fingerprint density at radius 1 is 0.930 bits per heavy atom. The van der Waals surface area contributed by atoms with Crippen molar-refractivity contribution in [1.82, 2.24) is 5.32 Å². The van der Waals surface area contributed by atoms with Crippen LogP contribution < -0.4 is 25.8 Å². The number of hydrogen-bond donors (Lipinski definition) is 3. The Labute approximate surface area is 248 Å². The number of nitrogens with one attached hydrogen (secondary N) is 2. The van der Waals surface area contributed by atoms with Gasteiger partial charge < -0.3 is 30.6 Å². The average molecular weight is 588 g/mol. The van der Waals surface area contributed by atoms with Crippen molar-refractivity contribution in [2.45, 2.75) is 58.1 Å². The fourth-order valence-corrected chi connectivity index (χ4v) is 4.61. The van der Waals surface area contributed by atoms with Gasteiger partial charge >= 0.3 is 6.09 Å². The molecule has 3 aromatic rings. The third kappa shape index (κ3) is 8.84. The Morgan fingerprint density at radius 2 is 1.53 bits per heavy atom. The van der Waals surface area contributed by atoms with Gasteiger partial charge in [0.2, 0.25) is 5.91 Å². The lowest BCUT2D eigenvalue weighted by Crippen LogP contribution is -2.42. The van der Waals surface area contributed by atoms with E-state index in [0.29, 0.717) is 54.2 Å². The third-order valence-corrected chi connectivity index (χ3v) is 6.62. The third-order valence-electron chi connectivity index (χ3n) is 6.62. The molecule has 0 unspecified atom stereocenters. The Kier molecular flexibility index (Phi) is 9.35. The molecule has 4 rings (SSSR count). The number of carbonyl (C=O) groups excluding carboxylic acids is 2. The lowest BCUT2D eigenvalue weighted by molar-refractivity contribution is -0.383. The molecule has 0 heterocycles. The van der Waals surface area contributed by atoms with Crippen molar-refractivity contribution in [2.75, 3.05) is 11.1 Å². The number of anilines is 2. The van der Waals surface area contributed by atoms with Crippen LogP contribution in [0, 0.1) is 27.4 Å². The first-order valence-electron chi connectivity index (χ1n) is 13.7. The molecule has 0 bridgehead atoms. The molecule has 0 spiro atoms. The average Bonchev–Trinajstić information content (AvgIpc) is 2.92. The first-order valence-corrected chi connectivity index (χ1v) is 13.7. The topological polar surface area (TPSA) is 179 Å². The lowest BCUT2D eigenvalue weighted by atomic mass is 9.85. The van der Waals surface area contributed by atoms with Crippen molar-refractivity contribution >= 4 is 29.1 Å². The molecule has 12 heteroatoms. The van der Waals surface area contributed by atoms with Gasteiger partial charge in [-0.2, -0.15) is 5.26 Å². The van der Waals surface area contributed by atoms with E-state index in [-0.39, 0.29) is 35.0 Å². The maximum Gasteiger partial charge on any atom is 0.407 e. The van der Waals surface area contributed by atoms with Gasteiger partial charge in [0, 0.05) is 48.0 Å². The number of alkyl carbamates (subject to hydrolysis) is 1. The summed E-state index contributed by atoms with van der Waals surface area (Å²) in [4.78, 5) is 35.9. The normalized spacial score (nSPS) is 16.3. The van der Waals surface area contributed by atoms with Gasteiger partial charge in [-0.1, -0.05) is 0 Å². The second-order valence-electron chi connectivity index (χ2n) is 11.2. The molecule has 1 aliphatic carbocycles. The summed E-state index contributed by atoms with van der Waals surface area (Å²) in [5.74, 6) is 0.906. The van der Waals surface area contributed by atoms with Crippen molar-refractivity contribution in [3.05, 3.63) is 76.3 Å². The summed E-state index contributed by atoms with van der Waals surface area (Å²) in [5, 5.41) is 26.0. The number of benzene rings is 3. The quantitative estimate of drug-likeness (QED) is 0.148. The van der Waals surface area contributed by atoms with Crippen molar-refractivity contribution < 1.29 is 28.7 Å². The van der Waals surface area contributed by atoms with E-state index in [0.717, 1.165) is 0 Å². The van der Waals surface area contributed by atoms with E-state index >= 15 is 0 Å². The maximum absolute atomic E-state index is 13.2. The smallest absolute Gasteiger partial charge is 0.407 e. The molecule has 1 fully saturated rings. The zero-order valence-corrected chi connectivity index (χ0v) is 24.1. The Balaban J connectivity index is 1.48. The first kappa shape index (κ1) is 30.6. The monoisotopic (exact) mass is 587 g/mol. The van der Waals surface area contributed by atoms with Crippen LogP contribution in [-0.2, 0) is 9.53 Å². The number of carbonyl (C=O) groups is 2. The van der Waals surface area contributed by atoms with E-state index in [1.54, 1.807) is 63.2 Å². The largest absolute Gasteiger partial charge is 0.457 e. The summed E-state index contributed by atoms with van der Waals surface area (Å²) in [6.45, 7) is 5.40. The molecule has 4 N–H and O–H groups in total. The lowest BCUT2D eigenvalue weighted by Gasteiger charge is -2.29. The molecule has 0 saturated heterocycles. The predicted molar refractivity (Wildman–Crippen MR) is 159 cm³/mol. The highest BCUT2D eigenvalue weighted by atomic mass is 16.6. The highest BCUT2D eigenvalue weighted by molar-refractivity contribution is 5.93. The minimum absolute atomic E-state index is 0.0576.